The highest BCUT2D eigenvalue weighted by Gasteiger charge is 2.19. The molecule has 0 aromatic heterocycles. The van der Waals surface area contributed by atoms with E-state index in [4.69, 9.17) is 9.84 Å². The van der Waals surface area contributed by atoms with Crippen LogP contribution in [0.3, 0.4) is 0 Å². The fraction of sp³-hybridized carbons (Fsp3) is 1.00. The molecule has 1 aliphatic rings. The van der Waals surface area contributed by atoms with Gasteiger partial charge in [0.2, 0.25) is 0 Å². The van der Waals surface area contributed by atoms with Crippen LogP contribution < -0.4 is 0 Å². The van der Waals surface area contributed by atoms with Gasteiger partial charge in [0, 0.05) is 26.9 Å². The average Bonchev–Trinajstić information content (AvgIpc) is 2.21. The summed E-state index contributed by atoms with van der Waals surface area (Å²) in [7, 11) is 1.78. The summed E-state index contributed by atoms with van der Waals surface area (Å²) in [6.45, 7) is 6.68. The van der Waals surface area contributed by atoms with Crippen LogP contribution in [0.4, 0.5) is 0 Å². The van der Waals surface area contributed by atoms with Crippen LogP contribution in [0.15, 0.2) is 0 Å². The second-order valence-electron chi connectivity index (χ2n) is 4.49. The highest BCUT2D eigenvalue weighted by molar-refractivity contribution is 4.73. The number of rotatable bonds is 5. The number of likely N-dealkylation sites (tertiary alicyclic amines) is 1. The Bertz CT molecular complexity index is 144. The molecular weight excluding hydrogens is 178 g/mol. The van der Waals surface area contributed by atoms with Crippen molar-refractivity contribution in [2.75, 3.05) is 40.0 Å². The third kappa shape index (κ3) is 3.95. The van der Waals surface area contributed by atoms with E-state index < -0.39 is 0 Å². The number of aliphatic hydroxyl groups is 1. The predicted octanol–water partition coefficient (Wildman–Crippen LogP) is 0.973. The van der Waals surface area contributed by atoms with Gasteiger partial charge in [0.05, 0.1) is 0 Å². The van der Waals surface area contributed by atoms with Crippen LogP contribution in [0, 0.1) is 11.8 Å². The summed E-state index contributed by atoms with van der Waals surface area (Å²) in [6.07, 6.45) is 2.48. The molecule has 1 atom stereocenters. The largest absolute Gasteiger partial charge is 0.396 e. The second-order valence-corrected chi connectivity index (χ2v) is 4.49. The van der Waals surface area contributed by atoms with Crippen molar-refractivity contribution < 1.29 is 9.84 Å². The maximum absolute atomic E-state index is 8.95. The summed E-state index contributed by atoms with van der Waals surface area (Å²) in [6, 6.07) is 0. The molecule has 1 saturated heterocycles. The monoisotopic (exact) mass is 201 g/mol. The molecule has 0 aliphatic carbocycles. The summed E-state index contributed by atoms with van der Waals surface area (Å²) in [5, 5.41) is 8.95. The van der Waals surface area contributed by atoms with Crippen molar-refractivity contribution in [3.63, 3.8) is 0 Å². The molecule has 3 heteroatoms. The summed E-state index contributed by atoms with van der Waals surface area (Å²) < 4.78 is 5.16. The van der Waals surface area contributed by atoms with Gasteiger partial charge in [-0.05, 0) is 37.8 Å². The lowest BCUT2D eigenvalue weighted by atomic mass is 9.97. The second kappa shape index (κ2) is 6.38. The summed E-state index contributed by atoms with van der Waals surface area (Å²) in [5.41, 5.74) is 0. The first-order valence-electron chi connectivity index (χ1n) is 5.58. The molecule has 14 heavy (non-hydrogen) atoms. The lowest BCUT2D eigenvalue weighted by molar-refractivity contribution is 0.0868. The van der Waals surface area contributed by atoms with E-state index in [0.717, 1.165) is 19.1 Å². The van der Waals surface area contributed by atoms with Gasteiger partial charge >= 0.3 is 0 Å². The smallest absolute Gasteiger partial charge is 0.0491 e. The molecular formula is C11H23NO2. The summed E-state index contributed by atoms with van der Waals surface area (Å²) >= 11 is 0. The molecule has 1 rings (SSSR count). The quantitative estimate of drug-likeness (QED) is 0.719. The minimum absolute atomic E-state index is 0.304. The van der Waals surface area contributed by atoms with E-state index in [0.29, 0.717) is 12.5 Å². The van der Waals surface area contributed by atoms with Gasteiger partial charge in [0.15, 0.2) is 0 Å². The molecule has 0 spiro atoms. The number of ether oxygens (including phenoxy) is 1. The van der Waals surface area contributed by atoms with Crippen LogP contribution in [0.25, 0.3) is 0 Å². The fourth-order valence-electron chi connectivity index (χ4n) is 2.07. The molecule has 0 bridgehead atoms. The van der Waals surface area contributed by atoms with Gasteiger partial charge in [0.25, 0.3) is 0 Å². The Morgan fingerprint density at radius 1 is 1.43 bits per heavy atom. The highest BCUT2D eigenvalue weighted by Crippen LogP contribution is 2.17. The molecule has 1 fully saturated rings. The Balaban J connectivity index is 2.15. The van der Waals surface area contributed by atoms with E-state index in [2.05, 4.69) is 11.8 Å². The van der Waals surface area contributed by atoms with Gasteiger partial charge in [-0.2, -0.15) is 0 Å². The molecule has 0 saturated carbocycles. The first-order valence-corrected chi connectivity index (χ1v) is 5.58. The van der Waals surface area contributed by atoms with Crippen LogP contribution >= 0.6 is 0 Å². The molecule has 84 valence electrons. The molecule has 0 aromatic rings. The van der Waals surface area contributed by atoms with Crippen molar-refractivity contribution in [3.05, 3.63) is 0 Å². The van der Waals surface area contributed by atoms with Crippen LogP contribution in [0.1, 0.15) is 19.8 Å². The normalized spacial score (nSPS) is 22.5. The SMILES string of the molecule is COCC1CCN(CC(C)CO)CC1. The zero-order valence-corrected chi connectivity index (χ0v) is 9.41. The van der Waals surface area contributed by atoms with Gasteiger partial charge in [-0.25, -0.2) is 0 Å². The molecule has 3 nitrogen and oxygen atoms in total. The van der Waals surface area contributed by atoms with Gasteiger partial charge in [-0.15, -0.1) is 0 Å². The summed E-state index contributed by atoms with van der Waals surface area (Å²) in [4.78, 5) is 2.45. The lowest BCUT2D eigenvalue weighted by Gasteiger charge is -2.32. The van der Waals surface area contributed by atoms with Crippen molar-refractivity contribution in [1.82, 2.24) is 4.90 Å². The topological polar surface area (TPSA) is 32.7 Å². The molecule has 1 heterocycles. The van der Waals surface area contributed by atoms with Gasteiger partial charge < -0.3 is 14.7 Å². The first kappa shape index (κ1) is 12.0. The molecule has 0 amide bonds. The van der Waals surface area contributed by atoms with Crippen molar-refractivity contribution in [1.29, 1.82) is 0 Å². The Labute approximate surface area is 87.1 Å². The average molecular weight is 201 g/mol. The van der Waals surface area contributed by atoms with Crippen molar-refractivity contribution in [2.45, 2.75) is 19.8 Å². The predicted molar refractivity (Wildman–Crippen MR) is 57.3 cm³/mol. The number of hydrogen-bond donors (Lipinski definition) is 1. The number of aliphatic hydroxyl groups excluding tert-OH is 1. The number of piperidine rings is 1. The number of methoxy groups -OCH3 is 1. The van der Waals surface area contributed by atoms with Crippen LogP contribution in [0.5, 0.6) is 0 Å². The first-order chi connectivity index (χ1) is 6.76. The minimum Gasteiger partial charge on any atom is -0.396 e. The zero-order chi connectivity index (χ0) is 10.4. The van der Waals surface area contributed by atoms with Crippen LogP contribution in [-0.2, 0) is 4.74 Å². The Kier molecular flexibility index (Phi) is 5.45. The summed E-state index contributed by atoms with van der Waals surface area (Å²) in [5.74, 6) is 1.16. The maximum atomic E-state index is 8.95. The standard InChI is InChI=1S/C11H23NO2/c1-10(8-13)7-12-5-3-11(4-6-12)9-14-2/h10-11,13H,3-9H2,1-2H3. The third-order valence-corrected chi connectivity index (χ3v) is 2.99. The lowest BCUT2D eigenvalue weighted by Crippen LogP contribution is -2.38. The fourth-order valence-corrected chi connectivity index (χ4v) is 2.07. The van der Waals surface area contributed by atoms with E-state index in [1.807, 2.05) is 0 Å². The van der Waals surface area contributed by atoms with Crippen molar-refractivity contribution in [2.24, 2.45) is 11.8 Å². The maximum Gasteiger partial charge on any atom is 0.0491 e. The van der Waals surface area contributed by atoms with E-state index >= 15 is 0 Å². The third-order valence-electron chi connectivity index (χ3n) is 2.99. The van der Waals surface area contributed by atoms with E-state index in [1.54, 1.807) is 7.11 Å². The van der Waals surface area contributed by atoms with Crippen molar-refractivity contribution >= 4 is 0 Å². The van der Waals surface area contributed by atoms with Gasteiger partial charge in [0.1, 0.15) is 0 Å². The molecule has 1 aliphatic heterocycles. The Hall–Kier alpha value is -0.120. The van der Waals surface area contributed by atoms with E-state index in [1.165, 1.54) is 25.9 Å². The molecule has 1 unspecified atom stereocenters. The van der Waals surface area contributed by atoms with Gasteiger partial charge in [-0.3, -0.25) is 0 Å². The van der Waals surface area contributed by atoms with Crippen LogP contribution in [0.2, 0.25) is 0 Å². The van der Waals surface area contributed by atoms with Gasteiger partial charge in [-0.1, -0.05) is 6.92 Å². The molecule has 1 N–H and O–H groups in total. The zero-order valence-electron chi connectivity index (χ0n) is 9.41. The molecule has 0 radical (unpaired) electrons. The van der Waals surface area contributed by atoms with Crippen LogP contribution in [-0.4, -0.2) is 50.0 Å². The Morgan fingerprint density at radius 3 is 2.57 bits per heavy atom. The Morgan fingerprint density at radius 2 is 2.07 bits per heavy atom. The number of hydrogen-bond acceptors (Lipinski definition) is 3. The van der Waals surface area contributed by atoms with Crippen molar-refractivity contribution in [3.8, 4) is 0 Å². The number of nitrogens with zero attached hydrogens (tertiary/aromatic N) is 1. The highest BCUT2D eigenvalue weighted by atomic mass is 16.5. The van der Waals surface area contributed by atoms with E-state index in [-0.39, 0.29) is 0 Å². The van der Waals surface area contributed by atoms with E-state index in [9.17, 15) is 0 Å². The minimum atomic E-state index is 0.304. The molecule has 0 aromatic carbocycles.